The van der Waals surface area contributed by atoms with Crippen LogP contribution >= 0.6 is 0 Å². The highest BCUT2D eigenvalue weighted by atomic mass is 19.1. The summed E-state index contributed by atoms with van der Waals surface area (Å²) >= 11 is 0. The zero-order valence-electron chi connectivity index (χ0n) is 12.4. The number of carbonyl (C=O) groups is 1. The number of halogens is 1. The van der Waals surface area contributed by atoms with Crippen LogP contribution in [0.4, 0.5) is 4.39 Å². The van der Waals surface area contributed by atoms with Crippen molar-refractivity contribution in [1.82, 2.24) is 15.3 Å². The van der Waals surface area contributed by atoms with Crippen molar-refractivity contribution in [3.8, 4) is 0 Å². The number of nitrogens with zero attached hydrogens (tertiary/aromatic N) is 2. The molecule has 0 radical (unpaired) electrons. The summed E-state index contributed by atoms with van der Waals surface area (Å²) in [6, 6.07) is 6.52. The van der Waals surface area contributed by atoms with Crippen molar-refractivity contribution >= 4 is 5.91 Å². The Balaban J connectivity index is 1.73. The molecule has 2 aliphatic rings. The fraction of sp³-hybridized carbons (Fsp3) is 0.562. The lowest BCUT2D eigenvalue weighted by Crippen LogP contribution is -2.54. The Labute approximate surface area is 124 Å². The summed E-state index contributed by atoms with van der Waals surface area (Å²) < 4.78 is 13.0. The van der Waals surface area contributed by atoms with E-state index in [1.54, 1.807) is 12.1 Å². The van der Waals surface area contributed by atoms with Crippen LogP contribution in [-0.4, -0.2) is 41.0 Å². The number of piperidine rings is 1. The average Bonchev–Trinajstić information content (AvgIpc) is 2.78. The molecule has 21 heavy (non-hydrogen) atoms. The van der Waals surface area contributed by atoms with E-state index in [1.165, 1.54) is 12.1 Å². The number of amides is 1. The van der Waals surface area contributed by atoms with Crippen molar-refractivity contribution in [2.24, 2.45) is 0 Å². The minimum Gasteiger partial charge on any atom is -0.303 e. The Morgan fingerprint density at radius 2 is 1.90 bits per heavy atom. The third-order valence-corrected chi connectivity index (χ3v) is 4.81. The van der Waals surface area contributed by atoms with Crippen LogP contribution in [0.25, 0.3) is 0 Å². The number of likely N-dealkylation sites (tertiary alicyclic amines) is 1. The summed E-state index contributed by atoms with van der Waals surface area (Å²) in [4.78, 5) is 14.3. The molecule has 2 heterocycles. The first kappa shape index (κ1) is 14.5. The molecular weight excluding hydrogens is 269 g/mol. The zero-order valence-corrected chi connectivity index (χ0v) is 12.4. The second kappa shape index (κ2) is 5.73. The quantitative estimate of drug-likeness (QED) is 0.924. The lowest BCUT2D eigenvalue weighted by molar-refractivity contribution is -0.121. The smallest absolute Gasteiger partial charge is 0.236 e. The molecule has 0 aromatic heterocycles. The first-order valence-corrected chi connectivity index (χ1v) is 7.65. The van der Waals surface area contributed by atoms with Crippen LogP contribution in [0, 0.1) is 5.82 Å². The third kappa shape index (κ3) is 2.94. The molecular formula is C16H22FN3O. The van der Waals surface area contributed by atoms with E-state index >= 15 is 0 Å². The van der Waals surface area contributed by atoms with Gasteiger partial charge < -0.3 is 4.90 Å². The minimum absolute atomic E-state index is 0.0723. The van der Waals surface area contributed by atoms with Crippen molar-refractivity contribution in [1.29, 1.82) is 0 Å². The molecule has 4 nitrogen and oxygen atoms in total. The largest absolute Gasteiger partial charge is 0.303 e. The van der Waals surface area contributed by atoms with Gasteiger partial charge in [-0.2, -0.15) is 0 Å². The summed E-state index contributed by atoms with van der Waals surface area (Å²) in [7, 11) is 0. The Morgan fingerprint density at radius 1 is 1.24 bits per heavy atom. The van der Waals surface area contributed by atoms with Crippen molar-refractivity contribution in [3.63, 3.8) is 0 Å². The molecule has 1 N–H and O–H groups in total. The topological polar surface area (TPSA) is 35.6 Å². The van der Waals surface area contributed by atoms with Gasteiger partial charge in [0, 0.05) is 13.0 Å². The number of carbonyl (C=O) groups excluding carboxylic acids is 1. The first-order valence-electron chi connectivity index (χ1n) is 7.65. The average molecular weight is 291 g/mol. The van der Waals surface area contributed by atoms with Crippen LogP contribution in [0.2, 0.25) is 0 Å². The summed E-state index contributed by atoms with van der Waals surface area (Å²) in [6.07, 6.45) is 2.58. The predicted molar refractivity (Wildman–Crippen MR) is 78.8 cm³/mol. The Bertz CT molecular complexity index is 509. The molecule has 0 saturated carbocycles. The number of nitrogens with one attached hydrogen (secondary N) is 1. The molecule has 0 bridgehead atoms. The molecule has 114 valence electrons. The fourth-order valence-electron chi connectivity index (χ4n) is 3.41. The molecule has 1 aromatic rings. The van der Waals surface area contributed by atoms with Gasteiger partial charge in [-0.25, -0.2) is 9.40 Å². The molecule has 1 aromatic carbocycles. The Kier molecular flexibility index (Phi) is 3.95. The first-order chi connectivity index (χ1) is 10.1. The zero-order chi connectivity index (χ0) is 14.9. The SMILES string of the molecule is CCN1CCC2(CC1)CC(=O)NN2Cc1ccc(F)cc1. The summed E-state index contributed by atoms with van der Waals surface area (Å²) in [6.45, 7) is 5.94. The highest BCUT2D eigenvalue weighted by Crippen LogP contribution is 2.35. The number of hydrazine groups is 1. The molecule has 2 saturated heterocycles. The highest BCUT2D eigenvalue weighted by Gasteiger charge is 2.46. The van der Waals surface area contributed by atoms with E-state index in [4.69, 9.17) is 0 Å². The molecule has 0 aliphatic carbocycles. The molecule has 5 heteroatoms. The van der Waals surface area contributed by atoms with E-state index in [2.05, 4.69) is 22.3 Å². The molecule has 2 fully saturated rings. The van der Waals surface area contributed by atoms with Gasteiger partial charge in [0.15, 0.2) is 0 Å². The summed E-state index contributed by atoms with van der Waals surface area (Å²) in [5.41, 5.74) is 3.94. The van der Waals surface area contributed by atoms with Crippen LogP contribution < -0.4 is 5.43 Å². The number of rotatable bonds is 3. The van der Waals surface area contributed by atoms with Crippen LogP contribution in [0.3, 0.4) is 0 Å². The van der Waals surface area contributed by atoms with Gasteiger partial charge in [0.1, 0.15) is 5.82 Å². The number of hydrogen-bond acceptors (Lipinski definition) is 3. The normalized spacial score (nSPS) is 22.7. The van der Waals surface area contributed by atoms with Gasteiger partial charge in [-0.05, 0) is 50.2 Å². The van der Waals surface area contributed by atoms with E-state index in [-0.39, 0.29) is 17.3 Å². The van der Waals surface area contributed by atoms with Crippen molar-refractivity contribution in [2.45, 2.75) is 38.3 Å². The van der Waals surface area contributed by atoms with Crippen LogP contribution in [-0.2, 0) is 11.3 Å². The van der Waals surface area contributed by atoms with E-state index in [0.29, 0.717) is 13.0 Å². The van der Waals surface area contributed by atoms with E-state index in [1.807, 2.05) is 0 Å². The van der Waals surface area contributed by atoms with Crippen LogP contribution in [0.15, 0.2) is 24.3 Å². The monoisotopic (exact) mass is 291 g/mol. The van der Waals surface area contributed by atoms with Gasteiger partial charge in [0.2, 0.25) is 5.91 Å². The Hall–Kier alpha value is -1.46. The van der Waals surface area contributed by atoms with E-state index < -0.39 is 0 Å². The van der Waals surface area contributed by atoms with Gasteiger partial charge >= 0.3 is 0 Å². The third-order valence-electron chi connectivity index (χ3n) is 4.81. The fourth-order valence-corrected chi connectivity index (χ4v) is 3.41. The predicted octanol–water partition coefficient (Wildman–Crippen LogP) is 1.92. The van der Waals surface area contributed by atoms with Gasteiger partial charge in [-0.1, -0.05) is 19.1 Å². The highest BCUT2D eigenvalue weighted by molar-refractivity contribution is 5.79. The maximum Gasteiger partial charge on any atom is 0.236 e. The number of hydrogen-bond donors (Lipinski definition) is 1. The maximum absolute atomic E-state index is 13.0. The molecule has 1 spiro atoms. The van der Waals surface area contributed by atoms with Crippen LogP contribution in [0.1, 0.15) is 31.7 Å². The van der Waals surface area contributed by atoms with Gasteiger partial charge in [-0.3, -0.25) is 10.2 Å². The second-order valence-electron chi connectivity index (χ2n) is 6.08. The molecule has 0 unspecified atom stereocenters. The standard InChI is InChI=1S/C16H22FN3O/c1-2-19-9-7-16(8-10-19)11-15(21)18-20(16)12-13-3-5-14(17)6-4-13/h3-6H,2,7-12H2,1H3,(H,18,21). The van der Waals surface area contributed by atoms with E-state index in [0.717, 1.165) is 38.0 Å². The second-order valence-corrected chi connectivity index (χ2v) is 6.08. The van der Waals surface area contributed by atoms with Crippen molar-refractivity contribution < 1.29 is 9.18 Å². The lowest BCUT2D eigenvalue weighted by atomic mass is 9.84. The minimum atomic E-state index is -0.227. The Morgan fingerprint density at radius 3 is 2.52 bits per heavy atom. The molecule has 1 amide bonds. The summed E-state index contributed by atoms with van der Waals surface area (Å²) in [5.74, 6) is -0.128. The molecule has 0 atom stereocenters. The molecule has 2 aliphatic heterocycles. The van der Waals surface area contributed by atoms with Gasteiger partial charge in [-0.15, -0.1) is 0 Å². The van der Waals surface area contributed by atoms with Crippen LogP contribution in [0.5, 0.6) is 0 Å². The molecule has 3 rings (SSSR count). The van der Waals surface area contributed by atoms with Gasteiger partial charge in [0.05, 0.1) is 5.54 Å². The van der Waals surface area contributed by atoms with Gasteiger partial charge in [0.25, 0.3) is 0 Å². The van der Waals surface area contributed by atoms with Crippen molar-refractivity contribution in [3.05, 3.63) is 35.6 Å². The summed E-state index contributed by atoms with van der Waals surface area (Å²) in [5, 5.41) is 2.08. The lowest BCUT2D eigenvalue weighted by Gasteiger charge is -2.43. The van der Waals surface area contributed by atoms with E-state index in [9.17, 15) is 9.18 Å². The van der Waals surface area contributed by atoms with Crippen molar-refractivity contribution in [2.75, 3.05) is 19.6 Å². The maximum atomic E-state index is 13.0. The number of benzene rings is 1.